The maximum Gasteiger partial charge on any atom is 0.513 e. The molecule has 1 nitrogen and oxygen atoms in total. The number of hydrogen-bond acceptors (Lipinski definition) is 1. The van der Waals surface area contributed by atoms with Gasteiger partial charge in [-0.1, -0.05) is 23.7 Å². The molecule has 0 saturated heterocycles. The third kappa shape index (κ3) is 3.29. The predicted octanol–water partition coefficient (Wildman–Crippen LogP) is 2.84. The summed E-state index contributed by atoms with van der Waals surface area (Å²) in [6.07, 6.45) is 3.18. The first-order chi connectivity index (χ1) is 7.45. The lowest BCUT2D eigenvalue weighted by Gasteiger charge is -2.19. The second-order valence-electron chi connectivity index (χ2n) is 3.14. The number of rotatable bonds is 4. The minimum absolute atomic E-state index is 0.0148. The summed E-state index contributed by atoms with van der Waals surface area (Å²) in [5, 5.41) is 0. The lowest BCUT2D eigenvalue weighted by atomic mass is 9.79. The molecule has 1 aromatic carbocycles. The minimum atomic E-state index is -5.19. The van der Waals surface area contributed by atoms with E-state index >= 15 is 0 Å². The van der Waals surface area contributed by atoms with E-state index in [-0.39, 0.29) is 6.61 Å². The Morgan fingerprint density at radius 1 is 1.31 bits per heavy atom. The van der Waals surface area contributed by atoms with Crippen LogP contribution in [0.3, 0.4) is 0 Å². The van der Waals surface area contributed by atoms with Crippen LogP contribution in [0.4, 0.5) is 17.3 Å². The van der Waals surface area contributed by atoms with Crippen molar-refractivity contribution >= 4 is 12.4 Å². The van der Waals surface area contributed by atoms with Crippen molar-refractivity contribution in [1.29, 1.82) is 0 Å². The minimum Gasteiger partial charge on any atom is -0.492 e. The van der Waals surface area contributed by atoms with Crippen molar-refractivity contribution in [3.8, 4) is 5.75 Å². The topological polar surface area (TPSA) is 9.23 Å². The maximum atomic E-state index is 12.8. The summed E-state index contributed by atoms with van der Waals surface area (Å²) in [4.78, 5) is 0. The molecule has 1 aromatic rings. The molecule has 16 heavy (non-hydrogen) atoms. The second-order valence-corrected chi connectivity index (χ2v) is 3.14. The van der Waals surface area contributed by atoms with Crippen LogP contribution < -0.4 is 10.2 Å². The van der Waals surface area contributed by atoms with E-state index in [4.69, 9.17) is 4.74 Å². The van der Waals surface area contributed by atoms with E-state index in [0.29, 0.717) is 6.07 Å². The quantitative estimate of drug-likeness (QED) is 0.441. The van der Waals surface area contributed by atoms with Crippen LogP contribution in [0, 0.1) is 5.82 Å². The molecule has 0 aromatic heterocycles. The highest BCUT2D eigenvalue weighted by Gasteiger charge is 2.29. The van der Waals surface area contributed by atoms with Gasteiger partial charge in [-0.3, -0.25) is 0 Å². The highest BCUT2D eigenvalue weighted by Crippen LogP contribution is 2.19. The summed E-state index contributed by atoms with van der Waals surface area (Å²) in [6.45, 7) is -3.49. The molecule has 1 rings (SSSR count). The van der Waals surface area contributed by atoms with Gasteiger partial charge in [0.1, 0.15) is 12.4 Å². The van der Waals surface area contributed by atoms with Gasteiger partial charge in [-0.2, -0.15) is 0 Å². The first kappa shape index (κ1) is 12.6. The van der Waals surface area contributed by atoms with E-state index in [9.17, 15) is 17.3 Å². The average Bonchev–Trinajstić information content (AvgIpc) is 2.16. The Morgan fingerprint density at radius 3 is 2.56 bits per heavy atom. The van der Waals surface area contributed by atoms with E-state index < -0.39 is 24.0 Å². The first-order valence-electron chi connectivity index (χ1n) is 4.68. The van der Waals surface area contributed by atoms with Crippen molar-refractivity contribution in [3.05, 3.63) is 36.2 Å². The molecule has 0 aliphatic heterocycles. The van der Waals surface area contributed by atoms with Gasteiger partial charge >= 0.3 is 6.98 Å². The van der Waals surface area contributed by atoms with Crippen LogP contribution in [0.1, 0.15) is 6.92 Å². The molecule has 0 saturated carbocycles. The van der Waals surface area contributed by atoms with Gasteiger partial charge in [-0.15, -0.1) is 0 Å². The van der Waals surface area contributed by atoms with Gasteiger partial charge in [0, 0.05) is 6.07 Å². The molecule has 0 atom stereocenters. The van der Waals surface area contributed by atoms with Crippen LogP contribution in [-0.4, -0.2) is 13.6 Å². The Kier molecular flexibility index (Phi) is 3.98. The van der Waals surface area contributed by atoms with Crippen LogP contribution in [0.5, 0.6) is 5.75 Å². The molecule has 0 aliphatic rings. The standard InChI is InChI=1S/C10H10BF4O/c1-2-3-6-16-10-7-8(12)4-5-9(10)11(13,14)15/h2-5,7H,6H2,1H3/q-1/b3-2+. The average molecular weight is 233 g/mol. The van der Waals surface area contributed by atoms with Gasteiger partial charge in [0.2, 0.25) is 0 Å². The number of benzene rings is 1. The van der Waals surface area contributed by atoms with Crippen molar-refractivity contribution in [2.24, 2.45) is 0 Å². The van der Waals surface area contributed by atoms with Gasteiger partial charge in [0.15, 0.2) is 0 Å². The Hall–Kier alpha value is -1.46. The van der Waals surface area contributed by atoms with Crippen LogP contribution in [-0.2, 0) is 0 Å². The SMILES string of the molecule is C/C=C/COc1cc(F)ccc1[B-](F)(F)F. The Morgan fingerprint density at radius 2 is 2.00 bits per heavy atom. The number of hydrogen-bond donors (Lipinski definition) is 0. The molecule has 0 radical (unpaired) electrons. The third-order valence-electron chi connectivity index (χ3n) is 1.90. The summed E-state index contributed by atoms with van der Waals surface area (Å²) in [5.74, 6) is -1.22. The molecule has 0 bridgehead atoms. The monoisotopic (exact) mass is 233 g/mol. The van der Waals surface area contributed by atoms with Gasteiger partial charge in [-0.25, -0.2) is 4.39 Å². The lowest BCUT2D eigenvalue weighted by molar-refractivity contribution is 0.360. The summed E-state index contributed by atoms with van der Waals surface area (Å²) in [6, 6.07) is 2.21. The van der Waals surface area contributed by atoms with Crippen LogP contribution >= 0.6 is 0 Å². The zero-order chi connectivity index (χ0) is 12.2. The lowest BCUT2D eigenvalue weighted by Crippen LogP contribution is -2.35. The fourth-order valence-corrected chi connectivity index (χ4v) is 1.14. The van der Waals surface area contributed by atoms with Crippen LogP contribution in [0.25, 0.3) is 0 Å². The first-order valence-corrected chi connectivity index (χ1v) is 4.68. The fraction of sp³-hybridized carbons (Fsp3) is 0.200. The zero-order valence-electron chi connectivity index (χ0n) is 8.59. The van der Waals surface area contributed by atoms with Gasteiger partial charge in [-0.05, 0) is 13.0 Å². The summed E-state index contributed by atoms with van der Waals surface area (Å²) < 4.78 is 55.2. The van der Waals surface area contributed by atoms with Crippen LogP contribution in [0.15, 0.2) is 30.4 Å². The molecule has 0 spiro atoms. The molecule has 88 valence electrons. The van der Waals surface area contributed by atoms with E-state index in [2.05, 4.69) is 0 Å². The van der Waals surface area contributed by atoms with E-state index in [1.807, 2.05) is 0 Å². The van der Waals surface area contributed by atoms with Crippen molar-refractivity contribution in [2.75, 3.05) is 6.61 Å². The normalized spacial score (nSPS) is 12.1. The highest BCUT2D eigenvalue weighted by molar-refractivity contribution is 6.74. The number of ether oxygens (including phenoxy) is 1. The van der Waals surface area contributed by atoms with Crippen molar-refractivity contribution in [3.63, 3.8) is 0 Å². The third-order valence-corrected chi connectivity index (χ3v) is 1.90. The summed E-state index contributed by atoms with van der Waals surface area (Å²) in [7, 11) is 0. The molecular weight excluding hydrogens is 223 g/mol. The Bertz CT molecular complexity index is 387. The van der Waals surface area contributed by atoms with Crippen molar-refractivity contribution in [1.82, 2.24) is 0 Å². The smallest absolute Gasteiger partial charge is 0.492 e. The second kappa shape index (κ2) is 5.05. The Labute approximate surface area is 90.8 Å². The Balaban J connectivity index is 2.99. The van der Waals surface area contributed by atoms with Gasteiger partial charge in [0.05, 0.1) is 5.75 Å². The van der Waals surface area contributed by atoms with Crippen molar-refractivity contribution < 1.29 is 22.1 Å². The molecular formula is C10H10BF4O-. The van der Waals surface area contributed by atoms with Gasteiger partial charge < -0.3 is 17.7 Å². The molecule has 0 aliphatic carbocycles. The highest BCUT2D eigenvalue weighted by atomic mass is 19.4. The molecule has 0 heterocycles. The molecule has 0 fully saturated rings. The van der Waals surface area contributed by atoms with E-state index in [1.165, 1.54) is 6.08 Å². The molecule has 0 unspecified atom stereocenters. The molecule has 0 N–H and O–H groups in total. The van der Waals surface area contributed by atoms with E-state index in [1.54, 1.807) is 13.0 Å². The van der Waals surface area contributed by atoms with Crippen molar-refractivity contribution in [2.45, 2.75) is 6.92 Å². The number of halogens is 4. The zero-order valence-corrected chi connectivity index (χ0v) is 8.59. The maximum absolute atomic E-state index is 12.8. The largest absolute Gasteiger partial charge is 0.513 e. The van der Waals surface area contributed by atoms with Gasteiger partial charge in [0.25, 0.3) is 0 Å². The van der Waals surface area contributed by atoms with Crippen LogP contribution in [0.2, 0.25) is 0 Å². The predicted molar refractivity (Wildman–Crippen MR) is 55.4 cm³/mol. The number of allylic oxidation sites excluding steroid dienone is 1. The molecule has 0 amide bonds. The summed E-state index contributed by atoms with van der Waals surface area (Å²) in [5.41, 5.74) is -0.911. The summed E-state index contributed by atoms with van der Waals surface area (Å²) >= 11 is 0. The molecule has 6 heteroatoms. The fourth-order valence-electron chi connectivity index (χ4n) is 1.14. The van der Waals surface area contributed by atoms with E-state index in [0.717, 1.165) is 12.1 Å².